The molecule has 2 aromatic rings. The van der Waals surface area contributed by atoms with Gasteiger partial charge in [0.05, 0.1) is 10.0 Å². The summed E-state index contributed by atoms with van der Waals surface area (Å²) >= 11 is 3.54. The number of nitrogens with one attached hydrogen (secondary N) is 2. The molecule has 0 aromatic carbocycles. The first-order chi connectivity index (χ1) is 11.2. The molecule has 0 radical (unpaired) electrons. The zero-order valence-corrected chi connectivity index (χ0v) is 18.4. The summed E-state index contributed by atoms with van der Waals surface area (Å²) in [5.41, 5.74) is 0. The van der Waals surface area contributed by atoms with E-state index in [9.17, 15) is 0 Å². The number of hydrogen-bond acceptors (Lipinski definition) is 5. The first-order valence-electron chi connectivity index (χ1n) is 8.08. The van der Waals surface area contributed by atoms with Gasteiger partial charge in [-0.1, -0.05) is 6.92 Å². The van der Waals surface area contributed by atoms with Gasteiger partial charge in [0.25, 0.3) is 0 Å². The summed E-state index contributed by atoms with van der Waals surface area (Å²) in [6.07, 6.45) is 6.78. The first-order valence-corrected chi connectivity index (χ1v) is 9.71. The van der Waals surface area contributed by atoms with E-state index in [0.29, 0.717) is 0 Å². The monoisotopic (exact) mass is 479 g/mol. The molecule has 0 aliphatic heterocycles. The van der Waals surface area contributed by atoms with Gasteiger partial charge in [0.15, 0.2) is 5.96 Å². The maximum absolute atomic E-state index is 4.62. The third-order valence-corrected chi connectivity index (χ3v) is 5.36. The van der Waals surface area contributed by atoms with Crippen molar-refractivity contribution >= 4 is 52.6 Å². The number of guanidine groups is 1. The SMILES string of the molecule is CCNC(=NCCc1ncc(CC)s1)NCCc1ncc(C)s1.I. The smallest absolute Gasteiger partial charge is 0.191 e. The summed E-state index contributed by atoms with van der Waals surface area (Å²) in [6.45, 7) is 8.78. The predicted molar refractivity (Wildman–Crippen MR) is 115 cm³/mol. The molecule has 2 N–H and O–H groups in total. The van der Waals surface area contributed by atoms with E-state index >= 15 is 0 Å². The van der Waals surface area contributed by atoms with E-state index in [-0.39, 0.29) is 24.0 Å². The minimum absolute atomic E-state index is 0. The molecule has 0 aliphatic carbocycles. The van der Waals surface area contributed by atoms with Crippen LogP contribution in [0.25, 0.3) is 0 Å². The average molecular weight is 479 g/mol. The van der Waals surface area contributed by atoms with Crippen LogP contribution in [0.5, 0.6) is 0 Å². The number of aromatic nitrogens is 2. The highest BCUT2D eigenvalue weighted by molar-refractivity contribution is 14.0. The Labute approximate surface area is 169 Å². The highest BCUT2D eigenvalue weighted by Gasteiger charge is 2.02. The molecule has 5 nitrogen and oxygen atoms in total. The standard InChI is InChI=1S/C16H25N5S2.HI/c1-4-13-11-21-15(23-13)7-9-19-16(17-5-2)18-8-6-14-20-10-12(3)22-14;/h10-11H,4-9H2,1-3H3,(H2,17,18,19);1H. The molecule has 0 saturated carbocycles. The van der Waals surface area contributed by atoms with Gasteiger partial charge >= 0.3 is 0 Å². The van der Waals surface area contributed by atoms with Crippen LogP contribution in [0.2, 0.25) is 0 Å². The highest BCUT2D eigenvalue weighted by Crippen LogP contribution is 2.13. The lowest BCUT2D eigenvalue weighted by Gasteiger charge is -2.10. The maximum Gasteiger partial charge on any atom is 0.191 e. The Morgan fingerprint density at radius 3 is 2.46 bits per heavy atom. The van der Waals surface area contributed by atoms with E-state index in [0.717, 1.165) is 44.9 Å². The minimum atomic E-state index is 0. The number of hydrogen-bond donors (Lipinski definition) is 2. The molecule has 0 aliphatic rings. The Morgan fingerprint density at radius 1 is 1.08 bits per heavy atom. The van der Waals surface area contributed by atoms with Crippen molar-refractivity contribution in [2.45, 2.75) is 40.0 Å². The van der Waals surface area contributed by atoms with Crippen LogP contribution in [-0.4, -0.2) is 35.6 Å². The van der Waals surface area contributed by atoms with Crippen LogP contribution in [0, 0.1) is 6.92 Å². The zero-order valence-electron chi connectivity index (χ0n) is 14.5. The van der Waals surface area contributed by atoms with Crippen LogP contribution in [0.3, 0.4) is 0 Å². The molecule has 0 atom stereocenters. The molecule has 24 heavy (non-hydrogen) atoms. The molecule has 2 heterocycles. The van der Waals surface area contributed by atoms with E-state index in [1.165, 1.54) is 19.8 Å². The van der Waals surface area contributed by atoms with Crippen molar-refractivity contribution in [2.24, 2.45) is 4.99 Å². The van der Waals surface area contributed by atoms with Crippen LogP contribution in [-0.2, 0) is 19.3 Å². The molecular weight excluding hydrogens is 453 g/mol. The lowest BCUT2D eigenvalue weighted by atomic mass is 10.4. The van der Waals surface area contributed by atoms with Gasteiger partial charge in [-0.25, -0.2) is 9.97 Å². The quantitative estimate of drug-likeness (QED) is 0.346. The van der Waals surface area contributed by atoms with Gasteiger partial charge in [-0.05, 0) is 20.3 Å². The summed E-state index contributed by atoms with van der Waals surface area (Å²) in [5, 5.41) is 8.98. The van der Waals surface area contributed by atoms with Crippen LogP contribution >= 0.6 is 46.7 Å². The van der Waals surface area contributed by atoms with E-state index < -0.39 is 0 Å². The largest absolute Gasteiger partial charge is 0.357 e. The second-order valence-corrected chi connectivity index (χ2v) is 7.65. The molecule has 0 fully saturated rings. The zero-order chi connectivity index (χ0) is 16.5. The number of halogens is 1. The lowest BCUT2D eigenvalue weighted by molar-refractivity contribution is 0.793. The normalized spacial score (nSPS) is 11.2. The number of rotatable bonds is 8. The number of nitrogens with zero attached hydrogens (tertiary/aromatic N) is 3. The molecule has 134 valence electrons. The Kier molecular flexibility index (Phi) is 10.4. The maximum atomic E-state index is 4.62. The fraction of sp³-hybridized carbons (Fsp3) is 0.562. The second kappa shape index (κ2) is 11.8. The second-order valence-electron chi connectivity index (χ2n) is 5.13. The molecule has 0 unspecified atom stereocenters. The Bertz CT molecular complexity index is 624. The summed E-state index contributed by atoms with van der Waals surface area (Å²) < 4.78 is 0. The van der Waals surface area contributed by atoms with Gasteiger partial charge in [-0.2, -0.15) is 0 Å². The third-order valence-electron chi connectivity index (χ3n) is 3.19. The van der Waals surface area contributed by atoms with Crippen molar-refractivity contribution in [3.63, 3.8) is 0 Å². The van der Waals surface area contributed by atoms with Gasteiger partial charge in [0, 0.05) is 54.6 Å². The average Bonchev–Trinajstić information content (AvgIpc) is 3.16. The van der Waals surface area contributed by atoms with Gasteiger partial charge in [0.1, 0.15) is 0 Å². The predicted octanol–water partition coefficient (Wildman–Crippen LogP) is 3.43. The number of thiazole rings is 2. The third kappa shape index (κ3) is 7.43. The Morgan fingerprint density at radius 2 is 1.83 bits per heavy atom. The molecule has 0 saturated heterocycles. The van der Waals surface area contributed by atoms with E-state index in [1.807, 2.05) is 12.4 Å². The summed E-state index contributed by atoms with van der Waals surface area (Å²) in [6, 6.07) is 0. The van der Waals surface area contributed by atoms with Crippen molar-refractivity contribution in [3.05, 3.63) is 32.2 Å². The molecule has 0 spiro atoms. The van der Waals surface area contributed by atoms with Gasteiger partial charge < -0.3 is 10.6 Å². The highest BCUT2D eigenvalue weighted by atomic mass is 127. The van der Waals surface area contributed by atoms with Crippen LogP contribution in [0.15, 0.2) is 17.4 Å². The van der Waals surface area contributed by atoms with Crippen LogP contribution < -0.4 is 10.6 Å². The molecule has 2 rings (SSSR count). The molecule has 8 heteroatoms. The number of aryl methyl sites for hydroxylation is 2. The van der Waals surface area contributed by atoms with Crippen molar-refractivity contribution in [2.75, 3.05) is 19.6 Å². The first kappa shape index (κ1) is 21.3. The summed E-state index contributed by atoms with van der Waals surface area (Å²) in [5.74, 6) is 0.869. The van der Waals surface area contributed by atoms with Crippen molar-refractivity contribution < 1.29 is 0 Å². The Balaban J connectivity index is 0.00000288. The van der Waals surface area contributed by atoms with Crippen molar-refractivity contribution in [3.8, 4) is 0 Å². The minimum Gasteiger partial charge on any atom is -0.357 e. The molecule has 0 amide bonds. The summed E-state index contributed by atoms with van der Waals surface area (Å²) in [7, 11) is 0. The van der Waals surface area contributed by atoms with Crippen LogP contribution in [0.4, 0.5) is 0 Å². The van der Waals surface area contributed by atoms with Crippen molar-refractivity contribution in [1.82, 2.24) is 20.6 Å². The lowest BCUT2D eigenvalue weighted by Crippen LogP contribution is -2.38. The van der Waals surface area contributed by atoms with Crippen LogP contribution in [0.1, 0.15) is 33.6 Å². The van der Waals surface area contributed by atoms with E-state index in [1.54, 1.807) is 22.7 Å². The molecule has 0 bridgehead atoms. The fourth-order valence-electron chi connectivity index (χ4n) is 2.04. The van der Waals surface area contributed by atoms with Gasteiger partial charge in [-0.3, -0.25) is 4.99 Å². The number of aliphatic imine (C=N–C) groups is 1. The van der Waals surface area contributed by atoms with E-state index in [2.05, 4.69) is 46.4 Å². The van der Waals surface area contributed by atoms with Gasteiger partial charge in [0.2, 0.25) is 0 Å². The molecular formula is C16H26IN5S2. The Hall–Kier alpha value is -0.740. The topological polar surface area (TPSA) is 62.2 Å². The van der Waals surface area contributed by atoms with Gasteiger partial charge in [-0.15, -0.1) is 46.7 Å². The van der Waals surface area contributed by atoms with Crippen molar-refractivity contribution in [1.29, 1.82) is 0 Å². The fourth-order valence-corrected chi connectivity index (χ4v) is 3.67. The molecule has 2 aromatic heterocycles. The summed E-state index contributed by atoms with van der Waals surface area (Å²) in [4.78, 5) is 16.0. The van der Waals surface area contributed by atoms with E-state index in [4.69, 9.17) is 0 Å².